The predicted molar refractivity (Wildman–Crippen MR) is 143 cm³/mol. The van der Waals surface area contributed by atoms with Crippen molar-refractivity contribution < 1.29 is 17.6 Å². The monoisotopic (exact) mass is 547 g/mol. The number of nitrogens with zero attached hydrogens (tertiary/aromatic N) is 6. The number of hydrazine groups is 1. The van der Waals surface area contributed by atoms with Gasteiger partial charge in [-0.2, -0.15) is 13.2 Å². The highest BCUT2D eigenvalue weighted by atomic mass is 19.4. The molecule has 0 radical (unpaired) electrons. The van der Waals surface area contributed by atoms with Gasteiger partial charge in [-0.15, -0.1) is 0 Å². The van der Waals surface area contributed by atoms with Crippen LogP contribution in [0.4, 0.5) is 17.6 Å². The molecule has 1 aliphatic carbocycles. The lowest BCUT2D eigenvalue weighted by atomic mass is 9.94. The van der Waals surface area contributed by atoms with E-state index in [1.807, 2.05) is 20.3 Å². The van der Waals surface area contributed by atoms with Crippen molar-refractivity contribution in [2.45, 2.75) is 63.3 Å². The summed E-state index contributed by atoms with van der Waals surface area (Å²) in [6, 6.07) is 3.09. The Bertz CT molecular complexity index is 1210. The van der Waals surface area contributed by atoms with Gasteiger partial charge in [0.05, 0.1) is 11.3 Å². The Kier molecular flexibility index (Phi) is 8.11. The van der Waals surface area contributed by atoms with Crippen LogP contribution in [0.1, 0.15) is 55.8 Å². The summed E-state index contributed by atoms with van der Waals surface area (Å²) < 4.78 is 56.1. The molecular formula is C28H37F4N7. The van der Waals surface area contributed by atoms with Gasteiger partial charge in [0.2, 0.25) is 0 Å². The topological polar surface area (TPSA) is 65.9 Å². The number of aromatic nitrogens is 2. The number of hydrogen-bond acceptors (Lipinski definition) is 6. The van der Waals surface area contributed by atoms with Crippen molar-refractivity contribution in [2.75, 3.05) is 33.7 Å². The van der Waals surface area contributed by atoms with Crippen LogP contribution in [0.25, 0.3) is 11.3 Å². The van der Waals surface area contributed by atoms with E-state index in [1.54, 1.807) is 17.5 Å². The Balaban J connectivity index is 1.34. The minimum Gasteiger partial charge on any atom is -0.333 e. The second-order valence-electron chi connectivity index (χ2n) is 11.3. The smallest absolute Gasteiger partial charge is 0.333 e. The number of aliphatic imine (C=N–C) groups is 1. The number of likely N-dealkylation sites (N-methyl/N-ethyl adjacent to an activating group) is 1. The Morgan fingerprint density at radius 2 is 1.85 bits per heavy atom. The van der Waals surface area contributed by atoms with E-state index in [1.165, 1.54) is 30.9 Å². The molecule has 5 rings (SSSR count). The first-order valence-corrected chi connectivity index (χ1v) is 13.7. The molecule has 1 saturated carbocycles. The van der Waals surface area contributed by atoms with E-state index in [0.29, 0.717) is 12.2 Å². The number of piperidine rings is 1. The van der Waals surface area contributed by atoms with Crippen molar-refractivity contribution in [3.63, 3.8) is 0 Å². The zero-order chi connectivity index (χ0) is 27.7. The van der Waals surface area contributed by atoms with Crippen LogP contribution in [0.5, 0.6) is 0 Å². The van der Waals surface area contributed by atoms with Gasteiger partial charge in [0.15, 0.2) is 0 Å². The minimum absolute atomic E-state index is 0.00810. The van der Waals surface area contributed by atoms with E-state index in [9.17, 15) is 17.6 Å². The number of halogens is 4. The molecule has 1 unspecified atom stereocenters. The summed E-state index contributed by atoms with van der Waals surface area (Å²) in [5.74, 6) is 6.93. The van der Waals surface area contributed by atoms with E-state index in [0.717, 1.165) is 62.8 Å². The molecule has 2 fully saturated rings. The van der Waals surface area contributed by atoms with E-state index in [2.05, 4.69) is 19.4 Å². The zero-order valence-electron chi connectivity index (χ0n) is 22.5. The highest BCUT2D eigenvalue weighted by Crippen LogP contribution is 2.38. The number of alkyl halides is 3. The fourth-order valence-electron chi connectivity index (χ4n) is 5.61. The summed E-state index contributed by atoms with van der Waals surface area (Å²) in [5, 5.41) is 1.70. The summed E-state index contributed by atoms with van der Waals surface area (Å²) in [6.07, 6.45) is 7.17. The maximum Gasteiger partial charge on any atom is 0.419 e. The molecular weight excluding hydrogens is 510 g/mol. The number of benzene rings is 1. The lowest BCUT2D eigenvalue weighted by Gasteiger charge is -2.42. The average Bonchev–Trinajstić information content (AvgIpc) is 3.63. The molecule has 2 aliphatic heterocycles. The summed E-state index contributed by atoms with van der Waals surface area (Å²) >= 11 is 0. The molecule has 7 nitrogen and oxygen atoms in total. The SMILES string of the molecule is CN(C)CCn1cc(-c2ccc(F)c(C(F)(F)F)c2)nc1C1CCN(C2C(CCC3CC3)=CN=CN2N)CC1. The second kappa shape index (κ2) is 11.4. The second-order valence-corrected chi connectivity index (χ2v) is 11.3. The first-order valence-electron chi connectivity index (χ1n) is 13.7. The predicted octanol–water partition coefficient (Wildman–Crippen LogP) is 5.07. The quantitative estimate of drug-likeness (QED) is 0.351. The van der Waals surface area contributed by atoms with Crippen LogP contribution in [-0.4, -0.2) is 70.6 Å². The maximum absolute atomic E-state index is 13.9. The first-order chi connectivity index (χ1) is 18.6. The average molecular weight is 548 g/mol. The number of likely N-dealkylation sites (tertiary alicyclic amines) is 1. The molecule has 3 heterocycles. The zero-order valence-corrected chi connectivity index (χ0v) is 22.5. The van der Waals surface area contributed by atoms with Crippen LogP contribution in [0.3, 0.4) is 0 Å². The van der Waals surface area contributed by atoms with Gasteiger partial charge in [0.25, 0.3) is 0 Å². The highest BCUT2D eigenvalue weighted by Gasteiger charge is 2.36. The van der Waals surface area contributed by atoms with E-state index in [-0.39, 0.29) is 17.6 Å². The Labute approximate surface area is 227 Å². The van der Waals surface area contributed by atoms with Gasteiger partial charge in [-0.25, -0.2) is 20.2 Å². The fraction of sp³-hybridized carbons (Fsp3) is 0.571. The van der Waals surface area contributed by atoms with Gasteiger partial charge in [0, 0.05) is 50.1 Å². The summed E-state index contributed by atoms with van der Waals surface area (Å²) in [5.41, 5.74) is 0.665. The summed E-state index contributed by atoms with van der Waals surface area (Å²) in [4.78, 5) is 13.6. The van der Waals surface area contributed by atoms with Gasteiger partial charge < -0.3 is 9.47 Å². The van der Waals surface area contributed by atoms with Gasteiger partial charge >= 0.3 is 6.18 Å². The van der Waals surface area contributed by atoms with Gasteiger partial charge in [0.1, 0.15) is 24.1 Å². The van der Waals surface area contributed by atoms with Crippen molar-refractivity contribution in [1.82, 2.24) is 24.4 Å². The lowest BCUT2D eigenvalue weighted by Crippen LogP contribution is -2.55. The number of nitrogens with two attached hydrogens (primary N) is 1. The molecule has 0 amide bonds. The standard InChI is InChI=1S/C28H37F4N7/c1-36(2)13-14-38-17-25(21-7-8-24(29)23(15-21)28(30,31)32)35-26(38)20-9-11-37(12-10-20)27-22(6-5-19-3-4-19)16-34-18-39(27)33/h7-8,15-20,27H,3-6,9-14,33H2,1-2H3. The van der Waals surface area contributed by atoms with Gasteiger partial charge in [-0.1, -0.05) is 12.8 Å². The first kappa shape index (κ1) is 27.8. The van der Waals surface area contributed by atoms with Crippen LogP contribution < -0.4 is 5.84 Å². The molecule has 2 aromatic rings. The molecule has 2 N–H and O–H groups in total. The molecule has 1 aromatic carbocycles. The minimum atomic E-state index is -4.77. The Hall–Kier alpha value is -2.76. The molecule has 3 aliphatic rings. The third-order valence-electron chi connectivity index (χ3n) is 8.00. The van der Waals surface area contributed by atoms with Crippen molar-refractivity contribution >= 4 is 6.34 Å². The molecule has 1 atom stereocenters. The van der Waals surface area contributed by atoms with Crippen molar-refractivity contribution in [1.29, 1.82) is 0 Å². The summed E-state index contributed by atoms with van der Waals surface area (Å²) in [7, 11) is 3.96. The van der Waals surface area contributed by atoms with Gasteiger partial charge in [-0.3, -0.25) is 9.91 Å². The van der Waals surface area contributed by atoms with Crippen molar-refractivity contribution in [3.8, 4) is 11.3 Å². The van der Waals surface area contributed by atoms with Crippen molar-refractivity contribution in [2.24, 2.45) is 16.8 Å². The summed E-state index contributed by atoms with van der Waals surface area (Å²) in [6.45, 7) is 3.06. The number of hydrogen-bond donors (Lipinski definition) is 1. The van der Waals surface area contributed by atoms with E-state index < -0.39 is 17.6 Å². The van der Waals surface area contributed by atoms with Crippen LogP contribution in [0.15, 0.2) is 41.2 Å². The number of imidazole rings is 1. The Morgan fingerprint density at radius 1 is 1.10 bits per heavy atom. The molecule has 212 valence electrons. The van der Waals surface area contributed by atoms with E-state index in [4.69, 9.17) is 10.8 Å². The maximum atomic E-state index is 13.9. The Morgan fingerprint density at radius 3 is 2.51 bits per heavy atom. The van der Waals surface area contributed by atoms with Crippen molar-refractivity contribution in [3.05, 3.63) is 53.4 Å². The van der Waals surface area contributed by atoms with Crippen LogP contribution >= 0.6 is 0 Å². The third-order valence-corrected chi connectivity index (χ3v) is 8.00. The lowest BCUT2D eigenvalue weighted by molar-refractivity contribution is -0.139. The molecule has 0 spiro atoms. The van der Waals surface area contributed by atoms with E-state index >= 15 is 0 Å². The molecule has 1 aromatic heterocycles. The molecule has 0 bridgehead atoms. The molecule has 11 heteroatoms. The third kappa shape index (κ3) is 6.53. The largest absolute Gasteiger partial charge is 0.419 e. The van der Waals surface area contributed by atoms with Crippen LogP contribution in [0, 0.1) is 11.7 Å². The molecule has 1 saturated heterocycles. The number of rotatable bonds is 9. The normalized spacial score (nSPS) is 21.2. The fourth-order valence-corrected chi connectivity index (χ4v) is 5.61. The van der Waals surface area contributed by atoms with Crippen LogP contribution in [0.2, 0.25) is 0 Å². The van der Waals surface area contributed by atoms with Crippen LogP contribution in [-0.2, 0) is 12.7 Å². The highest BCUT2D eigenvalue weighted by molar-refractivity contribution is 5.60. The molecule has 39 heavy (non-hydrogen) atoms. The van der Waals surface area contributed by atoms with Gasteiger partial charge in [-0.05, 0) is 69.5 Å².